The van der Waals surface area contributed by atoms with Crippen LogP contribution in [0.1, 0.15) is 26.3 Å². The van der Waals surface area contributed by atoms with Gasteiger partial charge in [0.05, 0.1) is 33.4 Å². The summed E-state index contributed by atoms with van der Waals surface area (Å²) in [5.74, 6) is 0. The number of anilines is 6. The zero-order chi connectivity index (χ0) is 73.8. The molecule has 0 bridgehead atoms. The van der Waals surface area contributed by atoms with Gasteiger partial charge in [-0.15, -0.1) is 0 Å². The summed E-state index contributed by atoms with van der Waals surface area (Å²) in [6.45, 7) is 6.92. The lowest BCUT2D eigenvalue weighted by atomic mass is 9.33. The van der Waals surface area contributed by atoms with Gasteiger partial charge in [-0.2, -0.15) is 0 Å². The number of rotatable bonds is 12. The summed E-state index contributed by atoms with van der Waals surface area (Å²) in [5.41, 5.74) is 36.3. The highest BCUT2D eigenvalue weighted by molar-refractivity contribution is 7.00. The molecule has 111 heavy (non-hydrogen) atoms. The Hall–Kier alpha value is -14.0. The zero-order valence-electron chi connectivity index (χ0n) is 62.0. The molecular weight excluding hydrogens is 1340 g/mol. The van der Waals surface area contributed by atoms with Crippen LogP contribution >= 0.6 is 0 Å². The molecule has 4 heterocycles. The topological polar surface area (TPSA) is 16.3 Å². The minimum Gasteiger partial charge on any atom is -0.310 e. The van der Waals surface area contributed by atoms with Gasteiger partial charge in [0.25, 0.3) is 6.71 Å². The maximum absolute atomic E-state index is 2.71. The summed E-state index contributed by atoms with van der Waals surface area (Å²) in [7, 11) is 0. The number of hydrogen-bond donors (Lipinski definition) is 0. The summed E-state index contributed by atoms with van der Waals surface area (Å²) in [6, 6.07) is 150. The number of aromatic nitrogens is 2. The Bertz CT molecular complexity index is 6300. The fourth-order valence-corrected chi connectivity index (χ4v) is 18.1. The third-order valence-corrected chi connectivity index (χ3v) is 23.2. The number of hydrogen-bond acceptors (Lipinski definition) is 2. The summed E-state index contributed by atoms with van der Waals surface area (Å²) in [4.78, 5) is 5.42. The smallest absolute Gasteiger partial charge is 0.252 e. The molecule has 0 radical (unpaired) electrons. The van der Waals surface area contributed by atoms with Gasteiger partial charge in [-0.25, -0.2) is 0 Å². The van der Waals surface area contributed by atoms with E-state index in [0.29, 0.717) is 0 Å². The standard InChI is InChI=1S/C106H75BN4/c1-106(2,3)80-68-99-101-100(69-80)111(105-91(74-42-20-8-21-43-74)64-79(65-92(105)75-44-22-9-23-45-75)84-53-33-55-88-86-51-29-31-57-96(86)109(103(84)88)82-48-26-11-27-49-82)98-61-59-77(71-36-14-5-15-37-71)67-94(98)107(101)93-66-76(70-34-12-4-13-35-70)58-60-97(93)110(99)104-89(72-38-16-6-17-39-72)62-78(63-90(104)73-40-18-7-19-41-73)83-52-32-54-87-85-50-28-30-56-95(85)108(102(83)87)81-46-24-10-25-47-81/h4-69H,1-3H3. The second-order valence-electron chi connectivity index (χ2n) is 30.6. The summed E-state index contributed by atoms with van der Waals surface area (Å²) >= 11 is 0. The first-order chi connectivity index (χ1) is 54.8. The van der Waals surface area contributed by atoms with Crippen molar-refractivity contribution in [2.24, 2.45) is 0 Å². The Labute approximate surface area is 648 Å². The van der Waals surface area contributed by atoms with Crippen molar-refractivity contribution in [2.75, 3.05) is 9.80 Å². The van der Waals surface area contributed by atoms with Gasteiger partial charge in [0.15, 0.2) is 0 Å². The van der Waals surface area contributed by atoms with E-state index in [1.807, 2.05) is 0 Å². The molecule has 2 aromatic heterocycles. The van der Waals surface area contributed by atoms with Crippen LogP contribution in [-0.2, 0) is 5.41 Å². The SMILES string of the molecule is CC(C)(C)c1cc2c3c(c1)N(c1c(-c4ccccc4)cc(-c4cccc5c6ccccc6n(-c6ccccc6)c45)cc1-c1ccccc1)c1ccc(-c4ccccc4)cc1B3c1cc(-c3ccccc3)ccc1N2c1c(-c2ccccc2)cc(-c2cccc3c4ccccc4n(-c4ccccc4)c23)cc1-c1ccccc1. The van der Waals surface area contributed by atoms with E-state index in [1.54, 1.807) is 0 Å². The molecule has 17 aromatic carbocycles. The molecule has 0 aliphatic carbocycles. The quantitative estimate of drug-likeness (QED) is 0.113. The minimum atomic E-state index is -0.345. The lowest BCUT2D eigenvalue weighted by Gasteiger charge is -2.46. The van der Waals surface area contributed by atoms with Crippen LogP contribution in [-0.4, -0.2) is 15.8 Å². The number of fused-ring (bicyclic) bond motifs is 10. The summed E-state index contributed by atoms with van der Waals surface area (Å²) in [5, 5.41) is 4.85. The molecule has 0 saturated heterocycles. The molecule has 522 valence electrons. The predicted molar refractivity (Wildman–Crippen MR) is 471 cm³/mol. The van der Waals surface area contributed by atoms with E-state index < -0.39 is 0 Å². The van der Waals surface area contributed by atoms with E-state index in [-0.39, 0.29) is 12.1 Å². The van der Waals surface area contributed by atoms with Crippen LogP contribution in [0.2, 0.25) is 0 Å². The zero-order valence-corrected chi connectivity index (χ0v) is 62.0. The number of nitrogens with zero attached hydrogens (tertiary/aromatic N) is 4. The van der Waals surface area contributed by atoms with Crippen LogP contribution in [0.5, 0.6) is 0 Å². The Morgan fingerprint density at radius 2 is 0.532 bits per heavy atom. The molecule has 0 atom stereocenters. The van der Waals surface area contributed by atoms with Gasteiger partial charge < -0.3 is 18.9 Å². The van der Waals surface area contributed by atoms with Crippen molar-refractivity contribution in [3.8, 4) is 100 Å². The fraction of sp³-hybridized carbons (Fsp3) is 0.0377. The van der Waals surface area contributed by atoms with Gasteiger partial charge in [0.2, 0.25) is 0 Å². The highest BCUT2D eigenvalue weighted by Crippen LogP contribution is 2.56. The maximum Gasteiger partial charge on any atom is 0.252 e. The molecule has 21 rings (SSSR count). The van der Waals surface area contributed by atoms with E-state index >= 15 is 0 Å². The predicted octanol–water partition coefficient (Wildman–Crippen LogP) is 26.6. The highest BCUT2D eigenvalue weighted by atomic mass is 15.2. The van der Waals surface area contributed by atoms with Crippen LogP contribution in [0.15, 0.2) is 400 Å². The second-order valence-corrected chi connectivity index (χ2v) is 30.6. The molecule has 19 aromatic rings. The lowest BCUT2D eigenvalue weighted by Crippen LogP contribution is -2.61. The van der Waals surface area contributed by atoms with E-state index in [1.165, 1.54) is 65.6 Å². The molecule has 0 amide bonds. The Morgan fingerprint density at radius 1 is 0.225 bits per heavy atom. The van der Waals surface area contributed by atoms with E-state index in [0.717, 1.165) is 135 Å². The summed E-state index contributed by atoms with van der Waals surface area (Å²) in [6.07, 6.45) is 0. The van der Waals surface area contributed by atoms with Crippen molar-refractivity contribution in [3.63, 3.8) is 0 Å². The third-order valence-electron chi connectivity index (χ3n) is 23.2. The van der Waals surface area contributed by atoms with Crippen LogP contribution in [0.4, 0.5) is 34.1 Å². The van der Waals surface area contributed by atoms with Gasteiger partial charge in [-0.1, -0.05) is 336 Å². The van der Waals surface area contributed by atoms with Crippen LogP contribution in [0.25, 0.3) is 144 Å². The largest absolute Gasteiger partial charge is 0.310 e. The third kappa shape index (κ3) is 10.8. The second kappa shape index (κ2) is 26.4. The monoisotopic (exact) mass is 1410 g/mol. The average molecular weight is 1420 g/mol. The number of para-hydroxylation sites is 6. The minimum absolute atomic E-state index is 0.261. The van der Waals surface area contributed by atoms with E-state index in [4.69, 9.17) is 0 Å². The molecule has 4 nitrogen and oxygen atoms in total. The highest BCUT2D eigenvalue weighted by Gasteiger charge is 2.46. The van der Waals surface area contributed by atoms with Gasteiger partial charge in [0, 0.05) is 89.0 Å². The maximum atomic E-state index is 2.71. The molecule has 0 N–H and O–H groups in total. The molecule has 0 saturated carbocycles. The van der Waals surface area contributed by atoms with Crippen molar-refractivity contribution in [1.29, 1.82) is 0 Å². The molecule has 0 fully saturated rings. The normalized spacial score (nSPS) is 12.4. The van der Waals surface area contributed by atoms with Crippen LogP contribution in [0, 0.1) is 0 Å². The molecule has 2 aliphatic rings. The summed E-state index contributed by atoms with van der Waals surface area (Å²) < 4.78 is 4.96. The first-order valence-electron chi connectivity index (χ1n) is 38.7. The van der Waals surface area contributed by atoms with Crippen LogP contribution in [0.3, 0.4) is 0 Å². The van der Waals surface area contributed by atoms with Crippen molar-refractivity contribution in [3.05, 3.63) is 406 Å². The van der Waals surface area contributed by atoms with Crippen molar-refractivity contribution in [1.82, 2.24) is 9.13 Å². The fourth-order valence-electron chi connectivity index (χ4n) is 18.1. The Morgan fingerprint density at radius 3 is 0.874 bits per heavy atom. The van der Waals surface area contributed by atoms with Gasteiger partial charge >= 0.3 is 0 Å². The van der Waals surface area contributed by atoms with Crippen molar-refractivity contribution >= 4 is 101 Å². The average Bonchev–Trinajstić information content (AvgIpc) is 1.28. The van der Waals surface area contributed by atoms with Gasteiger partial charge in [-0.05, 0) is 168 Å². The van der Waals surface area contributed by atoms with E-state index in [9.17, 15) is 0 Å². The molecule has 0 unspecified atom stereocenters. The van der Waals surface area contributed by atoms with Gasteiger partial charge in [-0.3, -0.25) is 0 Å². The first kappa shape index (κ1) is 65.3. The van der Waals surface area contributed by atoms with Crippen molar-refractivity contribution < 1.29 is 0 Å². The molecule has 5 heteroatoms. The molecule has 0 spiro atoms. The number of benzene rings is 17. The van der Waals surface area contributed by atoms with Gasteiger partial charge in [0.1, 0.15) is 0 Å². The van der Waals surface area contributed by atoms with Crippen molar-refractivity contribution in [2.45, 2.75) is 26.2 Å². The Kier molecular flexibility index (Phi) is 15.6. The lowest BCUT2D eigenvalue weighted by molar-refractivity contribution is 0.590. The molecule has 2 aliphatic heterocycles. The first-order valence-corrected chi connectivity index (χ1v) is 38.7. The van der Waals surface area contributed by atoms with Crippen LogP contribution < -0.4 is 26.2 Å². The Balaban J connectivity index is 0.910. The van der Waals surface area contributed by atoms with E-state index in [2.05, 4.69) is 440 Å². The molecular formula is C106H75BN4.